The molecule has 1 aromatic heterocycles. The van der Waals surface area contributed by atoms with Crippen molar-refractivity contribution in [3.05, 3.63) is 28.8 Å². The summed E-state index contributed by atoms with van der Waals surface area (Å²) in [6.45, 7) is 4.78. The third-order valence-electron chi connectivity index (χ3n) is 3.39. The lowest BCUT2D eigenvalue weighted by molar-refractivity contribution is 0.112. The third kappa shape index (κ3) is 2.52. The quantitative estimate of drug-likeness (QED) is 0.864. The molecule has 17 heavy (non-hydrogen) atoms. The van der Waals surface area contributed by atoms with Crippen molar-refractivity contribution in [2.24, 2.45) is 7.05 Å². The molecular formula is C13H20N2O2. The van der Waals surface area contributed by atoms with Gasteiger partial charge >= 0.3 is 0 Å². The minimum Gasteiger partial charge on any atom is -0.495 e. The van der Waals surface area contributed by atoms with Gasteiger partial charge in [-0.3, -0.25) is 4.68 Å². The lowest BCUT2D eigenvalue weighted by Gasteiger charge is -2.12. The number of ether oxygens (including phenoxy) is 1. The van der Waals surface area contributed by atoms with Gasteiger partial charge in [-0.2, -0.15) is 5.10 Å². The van der Waals surface area contributed by atoms with Gasteiger partial charge in [-0.05, 0) is 38.3 Å². The Hall–Kier alpha value is -1.29. The second-order valence-electron chi connectivity index (χ2n) is 4.57. The van der Waals surface area contributed by atoms with Crippen molar-refractivity contribution in [2.75, 3.05) is 6.61 Å². The Labute approximate surface area is 102 Å². The van der Waals surface area contributed by atoms with Gasteiger partial charge in [0.05, 0.1) is 12.3 Å². The average molecular weight is 236 g/mol. The maximum absolute atomic E-state index is 9.98. The van der Waals surface area contributed by atoms with Crippen LogP contribution in [0.5, 0.6) is 0 Å². The number of aliphatic hydroxyl groups is 1. The first-order valence-electron chi connectivity index (χ1n) is 6.09. The van der Waals surface area contributed by atoms with E-state index in [2.05, 4.69) is 12.0 Å². The largest absolute Gasteiger partial charge is 0.495 e. The predicted molar refractivity (Wildman–Crippen MR) is 65.7 cm³/mol. The summed E-state index contributed by atoms with van der Waals surface area (Å²) < 4.78 is 7.25. The molecule has 4 nitrogen and oxygen atoms in total. The molecule has 0 aromatic carbocycles. The topological polar surface area (TPSA) is 47.3 Å². The van der Waals surface area contributed by atoms with Crippen LogP contribution in [0.25, 0.3) is 0 Å². The minimum atomic E-state index is -0.475. The zero-order valence-corrected chi connectivity index (χ0v) is 10.7. The molecule has 0 amide bonds. The highest BCUT2D eigenvalue weighted by Gasteiger charge is 2.17. The zero-order valence-electron chi connectivity index (χ0n) is 10.7. The molecule has 0 aliphatic carbocycles. The Balaban J connectivity index is 1.97. The smallest absolute Gasteiger partial charge is 0.121 e. The van der Waals surface area contributed by atoms with Crippen LogP contribution in [0.1, 0.15) is 29.8 Å². The van der Waals surface area contributed by atoms with E-state index >= 15 is 0 Å². The lowest BCUT2D eigenvalue weighted by Crippen LogP contribution is -2.12. The minimum absolute atomic E-state index is 0.475. The van der Waals surface area contributed by atoms with Crippen LogP contribution in [-0.2, 0) is 18.2 Å². The maximum atomic E-state index is 9.98. The van der Waals surface area contributed by atoms with Crippen LogP contribution in [0.2, 0.25) is 0 Å². The van der Waals surface area contributed by atoms with Crippen molar-refractivity contribution in [3.63, 3.8) is 0 Å². The number of rotatable bonds is 4. The summed E-state index contributed by atoms with van der Waals surface area (Å²) in [5.41, 5.74) is 3.47. The molecule has 0 fully saturated rings. The van der Waals surface area contributed by atoms with Crippen LogP contribution in [0.4, 0.5) is 0 Å². The van der Waals surface area contributed by atoms with E-state index in [-0.39, 0.29) is 0 Å². The van der Waals surface area contributed by atoms with Crippen molar-refractivity contribution in [2.45, 2.75) is 39.2 Å². The van der Waals surface area contributed by atoms with E-state index in [0.29, 0.717) is 13.0 Å². The first-order chi connectivity index (χ1) is 8.09. The molecule has 0 spiro atoms. The summed E-state index contributed by atoms with van der Waals surface area (Å²) in [5.74, 6) is 0.740. The van der Waals surface area contributed by atoms with E-state index in [0.717, 1.165) is 24.3 Å². The number of aromatic nitrogens is 2. The molecule has 1 aromatic rings. The number of aliphatic hydroxyl groups excluding tert-OH is 1. The van der Waals surface area contributed by atoms with E-state index in [1.165, 1.54) is 11.3 Å². The summed E-state index contributed by atoms with van der Waals surface area (Å²) in [6, 6.07) is 0. The summed E-state index contributed by atoms with van der Waals surface area (Å²) in [7, 11) is 1.95. The summed E-state index contributed by atoms with van der Waals surface area (Å²) in [4.78, 5) is 0. The van der Waals surface area contributed by atoms with Gasteiger partial charge in [0.1, 0.15) is 11.9 Å². The molecule has 2 rings (SSSR count). The van der Waals surface area contributed by atoms with Gasteiger partial charge in [0.15, 0.2) is 0 Å². The van der Waals surface area contributed by atoms with E-state index in [9.17, 15) is 5.11 Å². The molecule has 0 radical (unpaired) electrons. The highest BCUT2D eigenvalue weighted by atomic mass is 16.5. The highest BCUT2D eigenvalue weighted by molar-refractivity contribution is 5.24. The molecule has 0 saturated carbocycles. The van der Waals surface area contributed by atoms with Crippen LogP contribution in [0, 0.1) is 13.8 Å². The molecule has 1 atom stereocenters. The molecule has 94 valence electrons. The molecule has 1 N–H and O–H groups in total. The second kappa shape index (κ2) is 4.92. The van der Waals surface area contributed by atoms with Crippen LogP contribution in [0.15, 0.2) is 11.8 Å². The van der Waals surface area contributed by atoms with E-state index in [4.69, 9.17) is 4.74 Å². The summed E-state index contributed by atoms with van der Waals surface area (Å²) >= 11 is 0. The number of hydrogen-bond acceptors (Lipinski definition) is 3. The summed E-state index contributed by atoms with van der Waals surface area (Å²) in [5, 5.41) is 14.4. The molecule has 0 bridgehead atoms. The Bertz CT molecular complexity index is 435. The molecular weight excluding hydrogens is 216 g/mol. The van der Waals surface area contributed by atoms with Gasteiger partial charge in [0, 0.05) is 19.2 Å². The fraction of sp³-hybridized carbons (Fsp3) is 0.615. The number of hydrogen-bond donors (Lipinski definition) is 1. The first kappa shape index (κ1) is 12.2. The molecule has 4 heteroatoms. The van der Waals surface area contributed by atoms with Gasteiger partial charge in [-0.15, -0.1) is 0 Å². The van der Waals surface area contributed by atoms with E-state index in [1.807, 2.05) is 24.7 Å². The van der Waals surface area contributed by atoms with E-state index in [1.54, 1.807) is 0 Å². The number of aryl methyl sites for hydroxylation is 2. The Morgan fingerprint density at radius 1 is 1.53 bits per heavy atom. The average Bonchev–Trinajstić information content (AvgIpc) is 2.88. The van der Waals surface area contributed by atoms with Gasteiger partial charge < -0.3 is 9.84 Å². The van der Waals surface area contributed by atoms with Crippen molar-refractivity contribution < 1.29 is 9.84 Å². The van der Waals surface area contributed by atoms with E-state index < -0.39 is 6.10 Å². The zero-order chi connectivity index (χ0) is 12.4. The fourth-order valence-corrected chi connectivity index (χ4v) is 2.27. The SMILES string of the molecule is Cc1nn(C)c(C)c1CCC(O)C1=CCCO1. The Morgan fingerprint density at radius 2 is 2.29 bits per heavy atom. The Kier molecular flexibility index (Phi) is 3.52. The number of nitrogens with zero attached hydrogens (tertiary/aromatic N) is 2. The molecule has 1 unspecified atom stereocenters. The lowest BCUT2D eigenvalue weighted by atomic mass is 10.0. The van der Waals surface area contributed by atoms with Gasteiger partial charge in [-0.1, -0.05) is 0 Å². The van der Waals surface area contributed by atoms with Crippen molar-refractivity contribution in [3.8, 4) is 0 Å². The normalized spacial score (nSPS) is 16.8. The van der Waals surface area contributed by atoms with Crippen LogP contribution >= 0.6 is 0 Å². The van der Waals surface area contributed by atoms with Crippen molar-refractivity contribution in [1.29, 1.82) is 0 Å². The molecule has 0 saturated heterocycles. The highest BCUT2D eigenvalue weighted by Crippen LogP contribution is 2.20. The summed E-state index contributed by atoms with van der Waals surface area (Å²) in [6.07, 6.45) is 3.95. The van der Waals surface area contributed by atoms with Crippen LogP contribution in [-0.4, -0.2) is 27.6 Å². The van der Waals surface area contributed by atoms with Crippen molar-refractivity contribution >= 4 is 0 Å². The predicted octanol–water partition coefficient (Wildman–Crippen LogP) is 1.63. The van der Waals surface area contributed by atoms with Crippen LogP contribution in [0.3, 0.4) is 0 Å². The Morgan fingerprint density at radius 3 is 2.82 bits per heavy atom. The fourth-order valence-electron chi connectivity index (χ4n) is 2.27. The molecule has 1 aliphatic rings. The standard InChI is InChI=1S/C13H20N2O2/c1-9-11(10(2)15(3)14-9)6-7-12(16)13-5-4-8-17-13/h5,12,16H,4,6-8H2,1-3H3. The van der Waals surface area contributed by atoms with Gasteiger partial charge in [0.25, 0.3) is 0 Å². The second-order valence-corrected chi connectivity index (χ2v) is 4.57. The van der Waals surface area contributed by atoms with Gasteiger partial charge in [0.2, 0.25) is 0 Å². The van der Waals surface area contributed by atoms with Gasteiger partial charge in [-0.25, -0.2) is 0 Å². The third-order valence-corrected chi connectivity index (χ3v) is 3.39. The maximum Gasteiger partial charge on any atom is 0.121 e. The molecule has 2 heterocycles. The van der Waals surface area contributed by atoms with Crippen LogP contribution < -0.4 is 0 Å². The van der Waals surface area contributed by atoms with Crippen molar-refractivity contribution in [1.82, 2.24) is 9.78 Å². The first-order valence-corrected chi connectivity index (χ1v) is 6.09. The molecule has 1 aliphatic heterocycles. The monoisotopic (exact) mass is 236 g/mol.